The Balaban J connectivity index is 2.04. The van der Waals surface area contributed by atoms with Crippen molar-refractivity contribution in [2.45, 2.75) is 39.3 Å². The van der Waals surface area contributed by atoms with Gasteiger partial charge in [0.15, 0.2) is 0 Å². The first kappa shape index (κ1) is 20.2. The van der Waals surface area contributed by atoms with Gasteiger partial charge in [0.05, 0.1) is 0 Å². The molecule has 0 heterocycles. The molecular weight excluding hydrogens is 352 g/mol. The zero-order chi connectivity index (χ0) is 19.2. The van der Waals surface area contributed by atoms with Crippen LogP contribution >= 0.6 is 0 Å². The minimum atomic E-state index is -1.34. The van der Waals surface area contributed by atoms with Gasteiger partial charge in [0.1, 0.15) is 40.9 Å². The smallest absolute Gasteiger partial charge is 0.148 e. The molecule has 0 aliphatic rings. The van der Waals surface area contributed by atoms with Gasteiger partial charge < -0.3 is 9.47 Å². The molecule has 0 aliphatic heterocycles. The van der Waals surface area contributed by atoms with Crippen molar-refractivity contribution in [1.82, 2.24) is 0 Å². The maximum absolute atomic E-state index is 5.78. The van der Waals surface area contributed by atoms with Crippen molar-refractivity contribution >= 4 is 26.9 Å². The third kappa shape index (κ3) is 7.39. The van der Waals surface area contributed by atoms with Crippen molar-refractivity contribution < 1.29 is 9.47 Å². The molecule has 2 aromatic carbocycles. The normalized spacial score (nSPS) is 11.2. The molecule has 4 heteroatoms. The maximum atomic E-state index is 5.78. The third-order valence-corrected chi connectivity index (χ3v) is 5.19. The standard InChI is InChI=1S/C22H28O2Si2/c1-25(2,3)15-7-13-23-21-11-9-19-10-12-22(18-20(19)17-21)24-14-8-16-26(4,5)6/h9-12,17-18H,13-14H2,1-6H3. The number of hydrogen-bond donors (Lipinski definition) is 0. The highest BCUT2D eigenvalue weighted by atomic mass is 28.3. The van der Waals surface area contributed by atoms with Crippen molar-refractivity contribution in [2.24, 2.45) is 0 Å². The molecule has 0 fully saturated rings. The van der Waals surface area contributed by atoms with E-state index in [2.05, 4.69) is 74.3 Å². The molecule has 2 rings (SSSR count). The fourth-order valence-corrected chi connectivity index (χ4v) is 3.43. The van der Waals surface area contributed by atoms with Crippen LogP contribution in [0.4, 0.5) is 0 Å². The summed E-state index contributed by atoms with van der Waals surface area (Å²) >= 11 is 0. The Hall–Kier alpha value is -2.15. The van der Waals surface area contributed by atoms with E-state index in [0.717, 1.165) is 22.3 Å². The molecule has 0 bridgehead atoms. The zero-order valence-corrected chi connectivity index (χ0v) is 18.7. The van der Waals surface area contributed by atoms with E-state index in [1.165, 1.54) is 0 Å². The second-order valence-corrected chi connectivity index (χ2v) is 17.9. The van der Waals surface area contributed by atoms with Gasteiger partial charge >= 0.3 is 0 Å². The van der Waals surface area contributed by atoms with Gasteiger partial charge in [-0.2, -0.15) is 0 Å². The summed E-state index contributed by atoms with van der Waals surface area (Å²) in [5.74, 6) is 7.93. The van der Waals surface area contributed by atoms with Gasteiger partial charge in [0, 0.05) is 0 Å². The molecule has 0 N–H and O–H groups in total. The van der Waals surface area contributed by atoms with Crippen LogP contribution in [0.2, 0.25) is 39.3 Å². The summed E-state index contributed by atoms with van der Waals surface area (Å²) in [5.41, 5.74) is 6.62. The fourth-order valence-electron chi connectivity index (χ4n) is 2.22. The Morgan fingerprint density at radius 1 is 0.654 bits per heavy atom. The number of hydrogen-bond acceptors (Lipinski definition) is 2. The number of rotatable bonds is 4. The van der Waals surface area contributed by atoms with Crippen LogP contribution in [0.3, 0.4) is 0 Å². The molecule has 0 aliphatic carbocycles. The van der Waals surface area contributed by atoms with Crippen LogP contribution in [0.15, 0.2) is 36.4 Å². The average Bonchev–Trinajstić information content (AvgIpc) is 2.53. The molecule has 0 saturated carbocycles. The van der Waals surface area contributed by atoms with Crippen LogP contribution < -0.4 is 9.47 Å². The molecule has 0 saturated heterocycles. The van der Waals surface area contributed by atoms with Gasteiger partial charge in [-0.15, -0.1) is 11.1 Å². The summed E-state index contributed by atoms with van der Waals surface area (Å²) in [4.78, 5) is 0. The summed E-state index contributed by atoms with van der Waals surface area (Å²) in [6, 6.07) is 12.2. The molecule has 26 heavy (non-hydrogen) atoms. The summed E-state index contributed by atoms with van der Waals surface area (Å²) in [5, 5.41) is 2.25. The molecule has 136 valence electrons. The summed E-state index contributed by atoms with van der Waals surface area (Å²) in [7, 11) is -2.68. The monoisotopic (exact) mass is 380 g/mol. The predicted octanol–water partition coefficient (Wildman–Crippen LogP) is 5.36. The van der Waals surface area contributed by atoms with Gasteiger partial charge in [0.25, 0.3) is 0 Å². The Morgan fingerprint density at radius 3 is 1.46 bits per heavy atom. The summed E-state index contributed by atoms with van der Waals surface area (Å²) in [6.45, 7) is 14.2. The van der Waals surface area contributed by atoms with E-state index in [1.807, 2.05) is 24.3 Å². The molecular formula is C22H28O2Si2. The molecule has 2 nitrogen and oxygen atoms in total. The molecule has 0 spiro atoms. The van der Waals surface area contributed by atoms with Gasteiger partial charge in [-0.05, 0) is 35.0 Å². The minimum absolute atomic E-state index is 0.429. The van der Waals surface area contributed by atoms with E-state index in [1.54, 1.807) is 0 Å². The lowest BCUT2D eigenvalue weighted by molar-refractivity contribution is 0.369. The topological polar surface area (TPSA) is 18.5 Å². The van der Waals surface area contributed by atoms with Crippen LogP contribution in [-0.2, 0) is 0 Å². The van der Waals surface area contributed by atoms with E-state index < -0.39 is 16.1 Å². The lowest BCUT2D eigenvalue weighted by atomic mass is 10.1. The highest BCUT2D eigenvalue weighted by Gasteiger charge is 2.08. The molecule has 2 aromatic rings. The first-order valence-electron chi connectivity index (χ1n) is 8.92. The van der Waals surface area contributed by atoms with E-state index in [0.29, 0.717) is 13.2 Å². The van der Waals surface area contributed by atoms with Gasteiger partial charge in [-0.1, -0.05) is 63.3 Å². The number of ether oxygens (including phenoxy) is 2. The van der Waals surface area contributed by atoms with Crippen LogP contribution in [0.25, 0.3) is 10.8 Å². The average molecular weight is 381 g/mol. The van der Waals surface area contributed by atoms with Crippen LogP contribution in [0.5, 0.6) is 11.5 Å². The zero-order valence-electron chi connectivity index (χ0n) is 16.7. The predicted molar refractivity (Wildman–Crippen MR) is 117 cm³/mol. The van der Waals surface area contributed by atoms with E-state index in [-0.39, 0.29) is 0 Å². The molecule has 0 amide bonds. The van der Waals surface area contributed by atoms with Gasteiger partial charge in [0.2, 0.25) is 0 Å². The molecule has 0 atom stereocenters. The molecule has 0 unspecified atom stereocenters. The maximum Gasteiger partial charge on any atom is 0.148 e. The third-order valence-electron chi connectivity index (χ3n) is 3.33. The Labute approximate surface area is 159 Å². The van der Waals surface area contributed by atoms with Crippen molar-refractivity contribution in [3.05, 3.63) is 36.4 Å². The van der Waals surface area contributed by atoms with Crippen LogP contribution in [0.1, 0.15) is 0 Å². The van der Waals surface area contributed by atoms with Crippen LogP contribution in [0, 0.1) is 22.9 Å². The van der Waals surface area contributed by atoms with Gasteiger partial charge in [-0.3, -0.25) is 0 Å². The van der Waals surface area contributed by atoms with Gasteiger partial charge in [-0.25, -0.2) is 0 Å². The second-order valence-electron chi connectivity index (χ2n) is 8.35. The Kier molecular flexibility index (Phi) is 6.59. The lowest BCUT2D eigenvalue weighted by Gasteiger charge is -2.08. The van der Waals surface area contributed by atoms with Crippen molar-refractivity contribution in [3.8, 4) is 34.4 Å². The Morgan fingerprint density at radius 2 is 1.08 bits per heavy atom. The highest BCUT2D eigenvalue weighted by Crippen LogP contribution is 2.25. The Bertz CT molecular complexity index is 811. The summed E-state index contributed by atoms with van der Waals surface area (Å²) < 4.78 is 11.6. The number of benzene rings is 2. The quantitative estimate of drug-likeness (QED) is 0.525. The highest BCUT2D eigenvalue weighted by molar-refractivity contribution is 6.84. The first-order chi connectivity index (χ1) is 12.1. The number of fused-ring (bicyclic) bond motifs is 1. The molecule has 0 radical (unpaired) electrons. The van der Waals surface area contributed by atoms with Crippen LogP contribution in [-0.4, -0.2) is 29.4 Å². The first-order valence-corrected chi connectivity index (χ1v) is 15.9. The van der Waals surface area contributed by atoms with E-state index >= 15 is 0 Å². The largest absolute Gasteiger partial charge is 0.481 e. The SMILES string of the molecule is C[Si](C)(C)C#CCOc1ccc2ccc(OCC#C[Si](C)(C)C)cc2c1. The summed E-state index contributed by atoms with van der Waals surface area (Å²) in [6.07, 6.45) is 0. The minimum Gasteiger partial charge on any atom is -0.481 e. The van der Waals surface area contributed by atoms with Crippen molar-refractivity contribution in [3.63, 3.8) is 0 Å². The van der Waals surface area contributed by atoms with Crippen molar-refractivity contribution in [2.75, 3.05) is 13.2 Å². The van der Waals surface area contributed by atoms with E-state index in [9.17, 15) is 0 Å². The second kappa shape index (κ2) is 8.49. The van der Waals surface area contributed by atoms with E-state index in [4.69, 9.17) is 9.47 Å². The molecule has 0 aromatic heterocycles. The fraction of sp³-hybridized carbons (Fsp3) is 0.364. The van der Waals surface area contributed by atoms with Crippen molar-refractivity contribution in [1.29, 1.82) is 0 Å². The lowest BCUT2D eigenvalue weighted by Crippen LogP contribution is -2.16.